The molecular formula is C21H34N4O3. The van der Waals surface area contributed by atoms with Crippen molar-refractivity contribution in [2.24, 2.45) is 5.92 Å². The number of hydrogen-bond donors (Lipinski definition) is 2. The predicted molar refractivity (Wildman–Crippen MR) is 109 cm³/mol. The third kappa shape index (κ3) is 4.94. The number of amides is 2. The summed E-state index contributed by atoms with van der Waals surface area (Å²) in [5.41, 5.74) is 3.85. The van der Waals surface area contributed by atoms with E-state index in [0.29, 0.717) is 18.8 Å². The zero-order valence-electron chi connectivity index (χ0n) is 17.5. The van der Waals surface area contributed by atoms with Crippen LogP contribution in [0.1, 0.15) is 46.6 Å². The maximum atomic E-state index is 12.9. The van der Waals surface area contributed by atoms with E-state index in [1.165, 1.54) is 0 Å². The normalized spacial score (nSPS) is 21.0. The largest absolute Gasteiger partial charge is 0.379 e. The summed E-state index contributed by atoms with van der Waals surface area (Å²) in [7, 11) is 0. The molecular weight excluding hydrogens is 356 g/mol. The molecule has 28 heavy (non-hydrogen) atoms. The van der Waals surface area contributed by atoms with Crippen molar-refractivity contribution >= 4 is 11.8 Å². The Hall–Kier alpha value is -1.86. The molecule has 2 N–H and O–H groups in total. The number of carbonyl (C=O) groups is 2. The molecule has 2 saturated heterocycles. The molecule has 1 aromatic rings. The van der Waals surface area contributed by atoms with Gasteiger partial charge in [0, 0.05) is 38.4 Å². The van der Waals surface area contributed by atoms with Crippen molar-refractivity contribution in [2.45, 2.75) is 40.0 Å². The number of aromatic amines is 1. The van der Waals surface area contributed by atoms with Crippen LogP contribution < -0.4 is 5.32 Å². The Kier molecular flexibility index (Phi) is 7.13. The van der Waals surface area contributed by atoms with E-state index in [1.54, 1.807) is 0 Å². The van der Waals surface area contributed by atoms with Gasteiger partial charge < -0.3 is 19.9 Å². The number of rotatable bonds is 6. The number of ether oxygens (including phenoxy) is 1. The van der Waals surface area contributed by atoms with Gasteiger partial charge in [0.05, 0.1) is 19.1 Å². The van der Waals surface area contributed by atoms with Gasteiger partial charge in [0.1, 0.15) is 5.69 Å². The maximum absolute atomic E-state index is 12.9. The molecule has 0 saturated carbocycles. The zero-order valence-corrected chi connectivity index (χ0v) is 17.5. The van der Waals surface area contributed by atoms with Gasteiger partial charge in [0.15, 0.2) is 0 Å². The van der Waals surface area contributed by atoms with E-state index in [1.807, 2.05) is 25.7 Å². The fourth-order valence-corrected chi connectivity index (χ4v) is 4.07. The minimum absolute atomic E-state index is 0.0125. The van der Waals surface area contributed by atoms with Crippen LogP contribution in [0.15, 0.2) is 0 Å². The highest BCUT2D eigenvalue weighted by Crippen LogP contribution is 2.22. The summed E-state index contributed by atoms with van der Waals surface area (Å²) in [6.07, 6.45) is 2.66. The lowest BCUT2D eigenvalue weighted by Gasteiger charge is -2.32. The molecule has 2 amide bonds. The molecule has 0 unspecified atom stereocenters. The van der Waals surface area contributed by atoms with Crippen LogP contribution >= 0.6 is 0 Å². The number of H-pyrrole nitrogens is 1. The second-order valence-corrected chi connectivity index (χ2v) is 8.06. The Morgan fingerprint density at radius 1 is 1.14 bits per heavy atom. The van der Waals surface area contributed by atoms with Crippen molar-refractivity contribution in [3.8, 4) is 0 Å². The number of aryl methyl sites for hydroxylation is 1. The van der Waals surface area contributed by atoms with Crippen LogP contribution in [-0.2, 0) is 9.53 Å². The van der Waals surface area contributed by atoms with E-state index in [9.17, 15) is 9.59 Å². The average molecular weight is 391 g/mol. The van der Waals surface area contributed by atoms with Crippen molar-refractivity contribution in [1.82, 2.24) is 20.1 Å². The van der Waals surface area contributed by atoms with Crippen molar-refractivity contribution < 1.29 is 14.3 Å². The highest BCUT2D eigenvalue weighted by atomic mass is 16.5. The van der Waals surface area contributed by atoms with Gasteiger partial charge in [0.2, 0.25) is 5.91 Å². The Morgan fingerprint density at radius 3 is 2.57 bits per heavy atom. The Bertz CT molecular complexity index is 694. The second kappa shape index (κ2) is 9.56. The minimum Gasteiger partial charge on any atom is -0.379 e. The molecule has 1 atom stereocenters. The first-order valence-corrected chi connectivity index (χ1v) is 10.5. The Morgan fingerprint density at radius 2 is 1.89 bits per heavy atom. The number of nitrogens with one attached hydrogen (secondary N) is 2. The molecule has 3 rings (SSSR count). The molecule has 0 aliphatic carbocycles. The molecule has 156 valence electrons. The molecule has 2 aliphatic heterocycles. The molecule has 3 heterocycles. The monoisotopic (exact) mass is 390 g/mol. The molecule has 1 aromatic heterocycles. The lowest BCUT2D eigenvalue weighted by molar-refractivity contribution is -0.126. The van der Waals surface area contributed by atoms with Gasteiger partial charge in [-0.15, -0.1) is 0 Å². The van der Waals surface area contributed by atoms with Crippen molar-refractivity contribution in [2.75, 3.05) is 52.5 Å². The van der Waals surface area contributed by atoms with Crippen molar-refractivity contribution in [3.05, 3.63) is 22.5 Å². The number of piperidine rings is 1. The molecule has 2 fully saturated rings. The molecule has 0 aromatic carbocycles. The van der Waals surface area contributed by atoms with Crippen LogP contribution in [0.3, 0.4) is 0 Å². The Balaban J connectivity index is 1.46. The number of nitrogens with zero attached hydrogens (tertiary/aromatic N) is 2. The molecule has 0 radical (unpaired) electrons. The lowest BCUT2D eigenvalue weighted by atomic mass is 9.96. The highest BCUT2D eigenvalue weighted by molar-refractivity contribution is 5.95. The van der Waals surface area contributed by atoms with Crippen LogP contribution in [0.25, 0.3) is 0 Å². The van der Waals surface area contributed by atoms with Gasteiger partial charge in [-0.25, -0.2) is 0 Å². The van der Waals surface area contributed by atoms with Gasteiger partial charge in [0.25, 0.3) is 5.91 Å². The van der Waals surface area contributed by atoms with E-state index in [2.05, 4.69) is 15.2 Å². The van der Waals surface area contributed by atoms with Crippen LogP contribution in [0.4, 0.5) is 0 Å². The third-order valence-corrected chi connectivity index (χ3v) is 6.16. The summed E-state index contributed by atoms with van der Waals surface area (Å²) in [6, 6.07) is 0. The fraction of sp³-hybridized carbons (Fsp3) is 0.714. The summed E-state index contributed by atoms with van der Waals surface area (Å²) in [6.45, 7) is 12.5. The number of likely N-dealkylation sites (tertiary alicyclic amines) is 1. The van der Waals surface area contributed by atoms with Gasteiger partial charge in [-0.05, 0) is 57.7 Å². The van der Waals surface area contributed by atoms with Crippen LogP contribution in [0.5, 0.6) is 0 Å². The lowest BCUT2D eigenvalue weighted by Crippen LogP contribution is -2.46. The van der Waals surface area contributed by atoms with Gasteiger partial charge in [-0.3, -0.25) is 14.5 Å². The van der Waals surface area contributed by atoms with Gasteiger partial charge in [-0.1, -0.05) is 0 Å². The average Bonchev–Trinajstić information content (AvgIpc) is 2.98. The first kappa shape index (κ1) is 20.9. The van der Waals surface area contributed by atoms with Crippen molar-refractivity contribution in [1.29, 1.82) is 0 Å². The number of aromatic nitrogens is 1. The van der Waals surface area contributed by atoms with E-state index in [-0.39, 0.29) is 17.7 Å². The summed E-state index contributed by atoms with van der Waals surface area (Å²) in [5.74, 6) is -0.0212. The topological polar surface area (TPSA) is 77.7 Å². The summed E-state index contributed by atoms with van der Waals surface area (Å²) < 4.78 is 5.35. The van der Waals surface area contributed by atoms with Crippen LogP contribution in [-0.4, -0.2) is 79.1 Å². The van der Waals surface area contributed by atoms with E-state index < -0.39 is 0 Å². The van der Waals surface area contributed by atoms with Crippen LogP contribution in [0.2, 0.25) is 0 Å². The quantitative estimate of drug-likeness (QED) is 0.724. The van der Waals surface area contributed by atoms with Crippen molar-refractivity contribution in [3.63, 3.8) is 0 Å². The van der Waals surface area contributed by atoms with Crippen LogP contribution in [0, 0.1) is 26.7 Å². The number of carbonyl (C=O) groups excluding carboxylic acids is 2. The second-order valence-electron chi connectivity index (χ2n) is 8.06. The number of morpholine rings is 1. The highest BCUT2D eigenvalue weighted by Gasteiger charge is 2.30. The third-order valence-electron chi connectivity index (χ3n) is 6.16. The van der Waals surface area contributed by atoms with Gasteiger partial charge in [-0.2, -0.15) is 0 Å². The summed E-state index contributed by atoms with van der Waals surface area (Å²) in [4.78, 5) is 33.0. The van der Waals surface area contributed by atoms with E-state index in [0.717, 1.165) is 75.5 Å². The predicted octanol–water partition coefficient (Wildman–Crippen LogP) is 1.63. The summed E-state index contributed by atoms with van der Waals surface area (Å²) in [5, 5.41) is 3.07. The number of hydrogen-bond acceptors (Lipinski definition) is 4. The molecule has 2 aliphatic rings. The molecule has 0 bridgehead atoms. The fourth-order valence-electron chi connectivity index (χ4n) is 4.07. The summed E-state index contributed by atoms with van der Waals surface area (Å²) >= 11 is 0. The van der Waals surface area contributed by atoms with Gasteiger partial charge >= 0.3 is 0 Å². The Labute approximate surface area is 167 Å². The zero-order chi connectivity index (χ0) is 20.1. The van der Waals surface area contributed by atoms with E-state index >= 15 is 0 Å². The minimum atomic E-state index is -0.112. The molecule has 0 spiro atoms. The SMILES string of the molecule is Cc1[nH]c(C(=O)N2CCC[C@@H](C(=O)NCCCN3CCOCC3)C2)c(C)c1C. The molecule has 7 nitrogen and oxygen atoms in total. The molecule has 7 heteroatoms. The maximum Gasteiger partial charge on any atom is 0.270 e. The standard InChI is InChI=1S/C21H34N4O3/c1-15-16(2)19(23-17(15)3)21(27)25-9-4-6-18(14-25)20(26)22-7-5-8-24-10-12-28-13-11-24/h18,23H,4-14H2,1-3H3,(H,22,26)/t18-/m1/s1. The first-order valence-electron chi connectivity index (χ1n) is 10.5. The van der Waals surface area contributed by atoms with E-state index in [4.69, 9.17) is 4.74 Å². The smallest absolute Gasteiger partial charge is 0.270 e. The first-order chi connectivity index (χ1) is 13.5.